The van der Waals surface area contributed by atoms with E-state index in [1.54, 1.807) is 0 Å². The maximum absolute atomic E-state index is 3.67. The van der Waals surface area contributed by atoms with Crippen molar-refractivity contribution in [2.75, 3.05) is 26.7 Å². The van der Waals surface area contributed by atoms with Crippen molar-refractivity contribution >= 4 is 0 Å². The van der Waals surface area contributed by atoms with Crippen molar-refractivity contribution in [1.82, 2.24) is 10.2 Å². The zero-order chi connectivity index (χ0) is 12.5. The van der Waals surface area contributed by atoms with Crippen molar-refractivity contribution in [2.45, 2.75) is 25.8 Å². The lowest BCUT2D eigenvalue weighted by molar-refractivity contribution is 0.272. The van der Waals surface area contributed by atoms with E-state index in [4.69, 9.17) is 0 Å². The van der Waals surface area contributed by atoms with Crippen LogP contribution in [-0.2, 0) is 6.42 Å². The van der Waals surface area contributed by atoms with Crippen LogP contribution in [-0.4, -0.2) is 31.6 Å². The van der Waals surface area contributed by atoms with Crippen molar-refractivity contribution in [3.8, 4) is 0 Å². The highest BCUT2D eigenvalue weighted by Gasteiger charge is 2.33. The van der Waals surface area contributed by atoms with Gasteiger partial charge in [0.1, 0.15) is 0 Å². The molecule has 2 aliphatic rings. The molecule has 1 heterocycles. The molecule has 3 rings (SSSR count). The highest BCUT2D eigenvalue weighted by Crippen LogP contribution is 2.38. The minimum Gasteiger partial charge on any atom is -0.309 e. The van der Waals surface area contributed by atoms with Crippen molar-refractivity contribution in [3.05, 3.63) is 35.4 Å². The SMILES string of the molecule is CC1CC1CN(C)CC1NCCc2ccccc21. The van der Waals surface area contributed by atoms with E-state index in [0.29, 0.717) is 6.04 Å². The van der Waals surface area contributed by atoms with Crippen LogP contribution in [0.3, 0.4) is 0 Å². The van der Waals surface area contributed by atoms with Crippen molar-refractivity contribution in [1.29, 1.82) is 0 Å². The van der Waals surface area contributed by atoms with Gasteiger partial charge in [0.15, 0.2) is 0 Å². The maximum atomic E-state index is 3.67. The standard InChI is InChI=1S/C16H24N2/c1-12-9-14(12)10-18(2)11-16-15-6-4-3-5-13(15)7-8-17-16/h3-6,12,14,16-17H,7-11H2,1-2H3. The van der Waals surface area contributed by atoms with Gasteiger partial charge in [0.25, 0.3) is 0 Å². The van der Waals surface area contributed by atoms with Crippen LogP contribution in [0.4, 0.5) is 0 Å². The number of benzene rings is 1. The number of hydrogen-bond acceptors (Lipinski definition) is 2. The molecule has 0 bridgehead atoms. The molecule has 1 fully saturated rings. The molecule has 0 radical (unpaired) electrons. The number of fused-ring (bicyclic) bond motifs is 1. The summed E-state index contributed by atoms with van der Waals surface area (Å²) in [5.41, 5.74) is 3.05. The van der Waals surface area contributed by atoms with Gasteiger partial charge in [0.05, 0.1) is 0 Å². The number of rotatable bonds is 4. The van der Waals surface area contributed by atoms with Gasteiger partial charge < -0.3 is 10.2 Å². The number of nitrogens with zero attached hydrogens (tertiary/aromatic N) is 1. The molecule has 98 valence electrons. The lowest BCUT2D eigenvalue weighted by Gasteiger charge is -2.30. The Kier molecular flexibility index (Phi) is 3.40. The quantitative estimate of drug-likeness (QED) is 0.875. The third kappa shape index (κ3) is 2.60. The summed E-state index contributed by atoms with van der Waals surface area (Å²) in [6, 6.07) is 9.43. The van der Waals surface area contributed by atoms with E-state index in [0.717, 1.165) is 24.9 Å². The van der Waals surface area contributed by atoms with Gasteiger partial charge in [-0.3, -0.25) is 0 Å². The normalized spacial score (nSPS) is 30.3. The average Bonchev–Trinajstić information content (AvgIpc) is 3.05. The van der Waals surface area contributed by atoms with E-state index in [2.05, 4.69) is 48.5 Å². The molecule has 3 unspecified atom stereocenters. The van der Waals surface area contributed by atoms with Crippen LogP contribution in [0.15, 0.2) is 24.3 Å². The van der Waals surface area contributed by atoms with Crippen LogP contribution in [0.2, 0.25) is 0 Å². The van der Waals surface area contributed by atoms with Crippen LogP contribution in [0.5, 0.6) is 0 Å². The first-order chi connectivity index (χ1) is 8.74. The van der Waals surface area contributed by atoms with E-state index < -0.39 is 0 Å². The summed E-state index contributed by atoms with van der Waals surface area (Å²) in [6.07, 6.45) is 2.61. The van der Waals surface area contributed by atoms with E-state index in [-0.39, 0.29) is 0 Å². The van der Waals surface area contributed by atoms with E-state index in [9.17, 15) is 0 Å². The molecule has 1 aliphatic heterocycles. The topological polar surface area (TPSA) is 15.3 Å². The zero-order valence-corrected chi connectivity index (χ0v) is 11.5. The minimum absolute atomic E-state index is 0.522. The third-order valence-electron chi connectivity index (χ3n) is 4.53. The fourth-order valence-corrected chi connectivity index (χ4v) is 3.20. The molecule has 3 atom stereocenters. The Bertz CT molecular complexity index is 415. The summed E-state index contributed by atoms with van der Waals surface area (Å²) in [5.74, 6) is 1.91. The smallest absolute Gasteiger partial charge is 0.0452 e. The van der Waals surface area contributed by atoms with Crippen LogP contribution in [0.1, 0.15) is 30.5 Å². The molecule has 1 aliphatic carbocycles. The summed E-state index contributed by atoms with van der Waals surface area (Å²) in [6.45, 7) is 5.89. The van der Waals surface area contributed by atoms with Gasteiger partial charge in [0.2, 0.25) is 0 Å². The summed E-state index contributed by atoms with van der Waals surface area (Å²) < 4.78 is 0. The van der Waals surface area contributed by atoms with Gasteiger partial charge in [-0.1, -0.05) is 31.2 Å². The van der Waals surface area contributed by atoms with Crippen LogP contribution < -0.4 is 5.32 Å². The highest BCUT2D eigenvalue weighted by molar-refractivity contribution is 5.32. The van der Waals surface area contributed by atoms with Gasteiger partial charge in [-0.15, -0.1) is 0 Å². The largest absolute Gasteiger partial charge is 0.309 e. The molecular formula is C16H24N2. The monoisotopic (exact) mass is 244 g/mol. The van der Waals surface area contributed by atoms with Crippen molar-refractivity contribution in [3.63, 3.8) is 0 Å². The lowest BCUT2D eigenvalue weighted by Crippen LogP contribution is -2.38. The second kappa shape index (κ2) is 5.02. The predicted molar refractivity (Wildman–Crippen MR) is 75.7 cm³/mol. The van der Waals surface area contributed by atoms with Gasteiger partial charge >= 0.3 is 0 Å². The Morgan fingerprint density at radius 1 is 1.28 bits per heavy atom. The van der Waals surface area contributed by atoms with Gasteiger partial charge in [0, 0.05) is 19.1 Å². The molecule has 1 N–H and O–H groups in total. The molecule has 0 aromatic heterocycles. The molecule has 1 aromatic rings. The van der Waals surface area contributed by atoms with E-state index >= 15 is 0 Å². The Morgan fingerprint density at radius 3 is 2.83 bits per heavy atom. The fraction of sp³-hybridized carbons (Fsp3) is 0.625. The van der Waals surface area contributed by atoms with Crippen molar-refractivity contribution < 1.29 is 0 Å². The molecule has 18 heavy (non-hydrogen) atoms. The highest BCUT2D eigenvalue weighted by atomic mass is 15.1. The van der Waals surface area contributed by atoms with Gasteiger partial charge in [-0.2, -0.15) is 0 Å². The van der Waals surface area contributed by atoms with Gasteiger partial charge in [-0.25, -0.2) is 0 Å². The predicted octanol–water partition coefficient (Wildman–Crippen LogP) is 2.46. The van der Waals surface area contributed by atoms with E-state index in [1.807, 2.05) is 0 Å². The maximum Gasteiger partial charge on any atom is 0.0452 e. The first-order valence-corrected chi connectivity index (χ1v) is 7.24. The van der Waals surface area contributed by atoms with Crippen LogP contribution in [0.25, 0.3) is 0 Å². The number of likely N-dealkylation sites (N-methyl/N-ethyl adjacent to an activating group) is 1. The summed E-state index contributed by atoms with van der Waals surface area (Å²) in [4.78, 5) is 2.51. The van der Waals surface area contributed by atoms with E-state index in [1.165, 1.54) is 30.5 Å². The summed E-state index contributed by atoms with van der Waals surface area (Å²) >= 11 is 0. The first kappa shape index (κ1) is 12.2. The fourth-order valence-electron chi connectivity index (χ4n) is 3.20. The second-order valence-corrected chi connectivity index (χ2v) is 6.15. The summed E-state index contributed by atoms with van der Waals surface area (Å²) in [7, 11) is 2.27. The molecule has 0 amide bonds. The minimum atomic E-state index is 0.522. The Labute approximate surface area is 110 Å². The van der Waals surface area contributed by atoms with Crippen molar-refractivity contribution in [2.24, 2.45) is 11.8 Å². The Hall–Kier alpha value is -0.860. The zero-order valence-electron chi connectivity index (χ0n) is 11.5. The molecule has 1 saturated carbocycles. The molecule has 2 heteroatoms. The first-order valence-electron chi connectivity index (χ1n) is 7.24. The summed E-state index contributed by atoms with van der Waals surface area (Å²) in [5, 5.41) is 3.67. The average molecular weight is 244 g/mol. The second-order valence-electron chi connectivity index (χ2n) is 6.15. The Morgan fingerprint density at radius 2 is 2.06 bits per heavy atom. The molecule has 1 aromatic carbocycles. The number of nitrogens with one attached hydrogen (secondary N) is 1. The third-order valence-corrected chi connectivity index (χ3v) is 4.53. The van der Waals surface area contributed by atoms with Gasteiger partial charge in [-0.05, 0) is 49.4 Å². The molecule has 0 saturated heterocycles. The number of hydrogen-bond donors (Lipinski definition) is 1. The van der Waals surface area contributed by atoms with Crippen LogP contribution in [0, 0.1) is 11.8 Å². The molecule has 0 spiro atoms. The lowest BCUT2D eigenvalue weighted by atomic mass is 9.94. The molecular weight excluding hydrogens is 220 g/mol. The Balaban J connectivity index is 1.63. The van der Waals surface area contributed by atoms with Crippen LogP contribution >= 0.6 is 0 Å². The molecule has 2 nitrogen and oxygen atoms in total.